The van der Waals surface area contributed by atoms with Gasteiger partial charge in [0.15, 0.2) is 0 Å². The van der Waals surface area contributed by atoms with E-state index in [4.69, 9.17) is 4.74 Å². The van der Waals surface area contributed by atoms with Gasteiger partial charge in [0, 0.05) is 45.8 Å². The predicted octanol–water partition coefficient (Wildman–Crippen LogP) is 1.74. The van der Waals surface area contributed by atoms with E-state index in [9.17, 15) is 5.11 Å². The van der Waals surface area contributed by atoms with Crippen LogP contribution in [0.25, 0.3) is 0 Å². The van der Waals surface area contributed by atoms with Crippen molar-refractivity contribution in [3.05, 3.63) is 71.8 Å². The third kappa shape index (κ3) is 4.80. The number of nitrogens with one attached hydrogen (secondary N) is 1. The highest BCUT2D eigenvalue weighted by Crippen LogP contribution is 2.29. The Bertz CT molecular complexity index is 670. The van der Waals surface area contributed by atoms with Crippen molar-refractivity contribution in [1.29, 1.82) is 0 Å². The van der Waals surface area contributed by atoms with Crippen LogP contribution in [0.5, 0.6) is 0 Å². The molecule has 5 nitrogen and oxygen atoms in total. The first-order valence-electron chi connectivity index (χ1n) is 10.3. The Hall–Kier alpha value is -1.76. The highest BCUT2D eigenvalue weighted by atomic mass is 16.5. The van der Waals surface area contributed by atoms with E-state index in [1.54, 1.807) is 0 Å². The monoisotopic (exact) mass is 381 g/mol. The minimum atomic E-state index is -0.795. The number of piperazine rings is 1. The Balaban J connectivity index is 1.43. The van der Waals surface area contributed by atoms with Gasteiger partial charge in [-0.3, -0.25) is 9.80 Å². The fraction of sp³-hybridized carbons (Fsp3) is 0.478. The zero-order valence-electron chi connectivity index (χ0n) is 16.5. The van der Waals surface area contributed by atoms with E-state index in [0.29, 0.717) is 26.3 Å². The van der Waals surface area contributed by atoms with E-state index < -0.39 is 5.60 Å². The molecule has 0 aliphatic carbocycles. The molecule has 5 heteroatoms. The van der Waals surface area contributed by atoms with E-state index in [0.717, 1.165) is 32.7 Å². The van der Waals surface area contributed by atoms with Crippen molar-refractivity contribution in [2.75, 3.05) is 59.0 Å². The Labute approximate surface area is 167 Å². The number of β-amino-alcohol motifs (C(OH)–C–C–N with tert-alkyl or cyclic N) is 1. The molecular weight excluding hydrogens is 350 g/mol. The van der Waals surface area contributed by atoms with Crippen LogP contribution in [0.4, 0.5) is 0 Å². The Morgan fingerprint density at radius 3 is 2.14 bits per heavy atom. The van der Waals surface area contributed by atoms with Gasteiger partial charge in [-0.2, -0.15) is 0 Å². The van der Waals surface area contributed by atoms with Crippen molar-refractivity contribution < 1.29 is 9.84 Å². The van der Waals surface area contributed by atoms with Crippen LogP contribution >= 0.6 is 0 Å². The summed E-state index contributed by atoms with van der Waals surface area (Å²) in [5.74, 6) is 0. The molecule has 2 aliphatic heterocycles. The zero-order valence-corrected chi connectivity index (χ0v) is 16.5. The van der Waals surface area contributed by atoms with Gasteiger partial charge in [0.05, 0.1) is 19.3 Å². The maximum Gasteiger partial charge on any atom is 0.113 e. The van der Waals surface area contributed by atoms with Gasteiger partial charge in [-0.1, -0.05) is 60.7 Å². The van der Waals surface area contributed by atoms with Crippen LogP contribution in [0.1, 0.15) is 17.2 Å². The Morgan fingerprint density at radius 1 is 0.929 bits per heavy atom. The third-order valence-corrected chi connectivity index (χ3v) is 5.77. The van der Waals surface area contributed by atoms with Crippen molar-refractivity contribution in [3.8, 4) is 0 Å². The lowest BCUT2D eigenvalue weighted by Crippen LogP contribution is -2.56. The molecule has 2 fully saturated rings. The van der Waals surface area contributed by atoms with Crippen LogP contribution in [-0.2, 0) is 4.74 Å². The second-order valence-corrected chi connectivity index (χ2v) is 7.99. The smallest absolute Gasteiger partial charge is 0.113 e. The number of benzene rings is 2. The summed E-state index contributed by atoms with van der Waals surface area (Å²) in [5.41, 5.74) is 1.88. The quantitative estimate of drug-likeness (QED) is 0.826. The minimum absolute atomic E-state index is 0.274. The first kappa shape index (κ1) is 19.6. The van der Waals surface area contributed by atoms with E-state index >= 15 is 0 Å². The minimum Gasteiger partial charge on any atom is -0.385 e. The van der Waals surface area contributed by atoms with Gasteiger partial charge in [-0.05, 0) is 11.1 Å². The van der Waals surface area contributed by atoms with Crippen molar-refractivity contribution in [2.45, 2.75) is 11.6 Å². The van der Waals surface area contributed by atoms with Gasteiger partial charge < -0.3 is 15.2 Å². The topological polar surface area (TPSA) is 48.0 Å². The van der Waals surface area contributed by atoms with Gasteiger partial charge >= 0.3 is 0 Å². The molecule has 2 heterocycles. The molecule has 0 spiro atoms. The summed E-state index contributed by atoms with van der Waals surface area (Å²) in [7, 11) is 0. The van der Waals surface area contributed by atoms with Gasteiger partial charge in [0.25, 0.3) is 0 Å². The number of aliphatic hydroxyl groups is 1. The average Bonchev–Trinajstić information content (AvgIpc) is 2.95. The second-order valence-electron chi connectivity index (χ2n) is 7.99. The molecule has 28 heavy (non-hydrogen) atoms. The van der Waals surface area contributed by atoms with Gasteiger partial charge in [0.1, 0.15) is 5.60 Å². The first-order valence-corrected chi connectivity index (χ1v) is 10.3. The Morgan fingerprint density at radius 2 is 1.54 bits per heavy atom. The average molecular weight is 382 g/mol. The van der Waals surface area contributed by atoms with Crippen molar-refractivity contribution in [3.63, 3.8) is 0 Å². The SMILES string of the molecule is OC1(CN2CCN(C(c3ccccc3)c3ccccc3)CC2)CNCCOC1. The summed E-state index contributed by atoms with van der Waals surface area (Å²) in [4.78, 5) is 4.94. The maximum absolute atomic E-state index is 10.9. The summed E-state index contributed by atoms with van der Waals surface area (Å²) >= 11 is 0. The molecule has 2 aromatic carbocycles. The lowest BCUT2D eigenvalue weighted by Gasteiger charge is -2.42. The van der Waals surface area contributed by atoms with Crippen LogP contribution in [0, 0.1) is 0 Å². The fourth-order valence-corrected chi connectivity index (χ4v) is 4.36. The number of rotatable bonds is 5. The molecule has 2 aromatic rings. The molecule has 150 valence electrons. The number of hydrogen-bond donors (Lipinski definition) is 2. The van der Waals surface area contributed by atoms with Gasteiger partial charge in [-0.15, -0.1) is 0 Å². The molecule has 2 N–H and O–H groups in total. The summed E-state index contributed by atoms with van der Waals surface area (Å²) in [6, 6.07) is 21.8. The van der Waals surface area contributed by atoms with Gasteiger partial charge in [-0.25, -0.2) is 0 Å². The second kappa shape index (κ2) is 9.16. The molecule has 2 aliphatic rings. The van der Waals surface area contributed by atoms with Crippen LogP contribution in [0.2, 0.25) is 0 Å². The lowest BCUT2D eigenvalue weighted by atomic mass is 9.96. The van der Waals surface area contributed by atoms with Crippen LogP contribution in [0.3, 0.4) is 0 Å². The summed E-state index contributed by atoms with van der Waals surface area (Å²) < 4.78 is 5.58. The number of nitrogens with zero attached hydrogens (tertiary/aromatic N) is 2. The summed E-state index contributed by atoms with van der Waals surface area (Å²) in [6.07, 6.45) is 0. The molecule has 1 unspecified atom stereocenters. The summed E-state index contributed by atoms with van der Waals surface area (Å²) in [5, 5.41) is 14.2. The predicted molar refractivity (Wildman–Crippen MR) is 111 cm³/mol. The molecule has 0 aromatic heterocycles. The lowest BCUT2D eigenvalue weighted by molar-refractivity contribution is -0.0563. The molecule has 4 rings (SSSR count). The van der Waals surface area contributed by atoms with Crippen molar-refractivity contribution >= 4 is 0 Å². The Kier molecular flexibility index (Phi) is 6.40. The molecule has 0 radical (unpaired) electrons. The third-order valence-electron chi connectivity index (χ3n) is 5.77. The molecule has 2 saturated heterocycles. The molecular formula is C23H31N3O2. The van der Waals surface area contributed by atoms with Crippen LogP contribution < -0.4 is 5.32 Å². The van der Waals surface area contributed by atoms with E-state index in [2.05, 4.69) is 75.8 Å². The maximum atomic E-state index is 10.9. The highest BCUT2D eigenvalue weighted by molar-refractivity contribution is 5.31. The summed E-state index contributed by atoms with van der Waals surface area (Å²) in [6.45, 7) is 7.04. The largest absolute Gasteiger partial charge is 0.385 e. The van der Waals surface area contributed by atoms with Crippen LogP contribution in [-0.4, -0.2) is 79.5 Å². The molecule has 0 amide bonds. The zero-order chi connectivity index (χ0) is 19.2. The van der Waals surface area contributed by atoms with Crippen LogP contribution in [0.15, 0.2) is 60.7 Å². The normalized spacial score (nSPS) is 24.9. The molecule has 0 bridgehead atoms. The fourth-order valence-electron chi connectivity index (χ4n) is 4.36. The first-order chi connectivity index (χ1) is 13.7. The van der Waals surface area contributed by atoms with E-state index in [1.807, 2.05) is 0 Å². The highest BCUT2D eigenvalue weighted by Gasteiger charge is 2.33. The molecule has 0 saturated carbocycles. The number of ether oxygens (including phenoxy) is 1. The molecule has 1 atom stereocenters. The van der Waals surface area contributed by atoms with E-state index in [1.165, 1.54) is 11.1 Å². The van der Waals surface area contributed by atoms with Gasteiger partial charge in [0.2, 0.25) is 0 Å². The van der Waals surface area contributed by atoms with Crippen molar-refractivity contribution in [1.82, 2.24) is 15.1 Å². The number of hydrogen-bond acceptors (Lipinski definition) is 5. The van der Waals surface area contributed by atoms with E-state index in [-0.39, 0.29) is 6.04 Å². The standard InChI is InChI=1S/C23H31N3O2/c27-23(17-24-11-16-28-19-23)18-25-12-14-26(15-13-25)22(20-7-3-1-4-8-20)21-9-5-2-6-10-21/h1-10,22,24,27H,11-19H2. The van der Waals surface area contributed by atoms with Crippen molar-refractivity contribution in [2.24, 2.45) is 0 Å².